The van der Waals surface area contributed by atoms with Crippen LogP contribution in [-0.4, -0.2) is 19.0 Å². The molecule has 1 aromatic rings. The molecule has 0 amide bonds. The molecule has 2 unspecified atom stereocenters. The lowest BCUT2D eigenvalue weighted by Crippen LogP contribution is -2.33. The number of benzene rings is 1. The Balaban J connectivity index is 2.06. The van der Waals surface area contributed by atoms with Gasteiger partial charge in [-0.25, -0.2) is 0 Å². The van der Waals surface area contributed by atoms with E-state index in [-0.39, 0.29) is 12.4 Å². The number of ether oxygens (including phenoxy) is 3. The summed E-state index contributed by atoms with van der Waals surface area (Å²) in [5.74, 6) is 1.49. The Hall–Kier alpha value is -1.22. The van der Waals surface area contributed by atoms with Crippen molar-refractivity contribution in [3.63, 3.8) is 0 Å². The average molecular weight is 193 g/mol. The summed E-state index contributed by atoms with van der Waals surface area (Å²) >= 11 is 0. The van der Waals surface area contributed by atoms with Crippen molar-refractivity contribution in [2.24, 2.45) is 0 Å². The van der Waals surface area contributed by atoms with E-state index in [1.54, 1.807) is 0 Å². The Morgan fingerprint density at radius 3 is 2.86 bits per heavy atom. The van der Waals surface area contributed by atoms with Crippen LogP contribution in [0, 0.1) is 6.92 Å². The summed E-state index contributed by atoms with van der Waals surface area (Å²) in [6.07, 6.45) is -0.453. The van der Waals surface area contributed by atoms with Gasteiger partial charge < -0.3 is 14.2 Å². The van der Waals surface area contributed by atoms with E-state index in [1.807, 2.05) is 31.2 Å². The molecule has 0 saturated carbocycles. The Bertz CT molecular complexity index is 309. The van der Waals surface area contributed by atoms with Gasteiger partial charge in [0.1, 0.15) is 0 Å². The second-order valence-electron chi connectivity index (χ2n) is 3.25. The van der Waals surface area contributed by atoms with Crippen LogP contribution >= 0.6 is 0 Å². The zero-order valence-electron chi connectivity index (χ0n) is 8.10. The second kappa shape index (κ2) is 3.88. The van der Waals surface area contributed by atoms with Crippen molar-refractivity contribution in [2.45, 2.75) is 19.3 Å². The Kier molecular flexibility index (Phi) is 2.59. The van der Waals surface area contributed by atoms with E-state index < -0.39 is 0 Å². The van der Waals surface area contributed by atoms with Crippen molar-refractivity contribution in [3.8, 4) is 11.5 Å². The smallest absolute Gasteiger partial charge is 0.234 e. The fraction of sp³-hybridized carbons (Fsp3) is 0.364. The van der Waals surface area contributed by atoms with Gasteiger partial charge in [0.2, 0.25) is 6.29 Å². The topological polar surface area (TPSA) is 27.7 Å². The van der Waals surface area contributed by atoms with Gasteiger partial charge in [0.05, 0.1) is 6.10 Å². The van der Waals surface area contributed by atoms with Gasteiger partial charge in [-0.1, -0.05) is 12.1 Å². The molecule has 0 saturated heterocycles. The second-order valence-corrected chi connectivity index (χ2v) is 3.25. The molecule has 2 atom stereocenters. The van der Waals surface area contributed by atoms with Crippen molar-refractivity contribution < 1.29 is 14.2 Å². The molecule has 0 bridgehead atoms. The van der Waals surface area contributed by atoms with E-state index in [0.717, 1.165) is 11.5 Å². The molecule has 0 N–H and O–H groups in total. The van der Waals surface area contributed by atoms with Crippen LogP contribution in [0.15, 0.2) is 24.3 Å². The van der Waals surface area contributed by atoms with Gasteiger partial charge in [-0.05, 0) is 26.0 Å². The highest BCUT2D eigenvalue weighted by atomic mass is 16.7. The van der Waals surface area contributed by atoms with E-state index in [1.165, 1.54) is 0 Å². The summed E-state index contributed by atoms with van der Waals surface area (Å²) in [5.41, 5.74) is 0. The standard InChI is InChI=1S/C11H13O3/c1-8(2)13-11-7-12-9-5-3-4-6-10(9)14-11/h3-6,8,11H,1,7H2,2H3. The normalized spacial score (nSPS) is 19.8. The number of fused-ring (bicyclic) bond motifs is 1. The van der Waals surface area contributed by atoms with Crippen LogP contribution in [0.5, 0.6) is 11.5 Å². The lowest BCUT2D eigenvalue weighted by molar-refractivity contribution is -0.131. The van der Waals surface area contributed by atoms with E-state index in [2.05, 4.69) is 6.92 Å². The van der Waals surface area contributed by atoms with Gasteiger partial charge in [-0.2, -0.15) is 0 Å². The summed E-state index contributed by atoms with van der Waals surface area (Å²) in [4.78, 5) is 0. The third-order valence-corrected chi connectivity index (χ3v) is 1.87. The largest absolute Gasteiger partial charge is 0.483 e. The molecule has 1 aliphatic heterocycles. The Labute approximate surface area is 83.6 Å². The fourth-order valence-corrected chi connectivity index (χ4v) is 1.33. The average Bonchev–Trinajstić information content (AvgIpc) is 2.17. The molecule has 0 aliphatic carbocycles. The van der Waals surface area contributed by atoms with Crippen molar-refractivity contribution >= 4 is 0 Å². The van der Waals surface area contributed by atoms with Crippen LogP contribution < -0.4 is 9.47 Å². The van der Waals surface area contributed by atoms with E-state index >= 15 is 0 Å². The third-order valence-electron chi connectivity index (χ3n) is 1.87. The lowest BCUT2D eigenvalue weighted by atomic mass is 10.3. The maximum absolute atomic E-state index is 5.56. The molecule has 1 aromatic carbocycles. The predicted molar refractivity (Wildman–Crippen MR) is 52.3 cm³/mol. The first-order chi connectivity index (χ1) is 6.75. The van der Waals surface area contributed by atoms with Gasteiger partial charge in [-0.3, -0.25) is 0 Å². The highest BCUT2D eigenvalue weighted by Gasteiger charge is 2.21. The molecule has 14 heavy (non-hydrogen) atoms. The van der Waals surface area contributed by atoms with Crippen molar-refractivity contribution in [1.29, 1.82) is 0 Å². The minimum absolute atomic E-state index is 0.103. The number of rotatable bonds is 2. The molecule has 0 fully saturated rings. The van der Waals surface area contributed by atoms with E-state index in [4.69, 9.17) is 14.2 Å². The molecule has 3 nitrogen and oxygen atoms in total. The van der Waals surface area contributed by atoms with Crippen molar-refractivity contribution in [3.05, 3.63) is 31.2 Å². The van der Waals surface area contributed by atoms with Crippen LogP contribution in [0.2, 0.25) is 0 Å². The van der Waals surface area contributed by atoms with Gasteiger partial charge in [0, 0.05) is 0 Å². The van der Waals surface area contributed by atoms with Crippen LogP contribution in [0.1, 0.15) is 6.92 Å². The minimum atomic E-state index is -0.350. The molecule has 0 spiro atoms. The summed E-state index contributed by atoms with van der Waals surface area (Å²) in [6.45, 7) is 6.01. The predicted octanol–water partition coefficient (Wildman–Crippen LogP) is 2.02. The molecule has 3 heteroatoms. The van der Waals surface area contributed by atoms with Crippen LogP contribution in [0.3, 0.4) is 0 Å². The highest BCUT2D eigenvalue weighted by Crippen LogP contribution is 2.31. The van der Waals surface area contributed by atoms with Crippen molar-refractivity contribution in [2.75, 3.05) is 6.61 Å². The zero-order valence-corrected chi connectivity index (χ0v) is 8.10. The zero-order chi connectivity index (χ0) is 9.97. The van der Waals surface area contributed by atoms with Gasteiger partial charge in [0.25, 0.3) is 0 Å². The minimum Gasteiger partial charge on any atom is -0.483 e. The molecule has 1 heterocycles. The van der Waals surface area contributed by atoms with Crippen LogP contribution in [0.4, 0.5) is 0 Å². The maximum Gasteiger partial charge on any atom is 0.234 e. The summed E-state index contributed by atoms with van der Waals surface area (Å²) < 4.78 is 16.4. The first-order valence-corrected chi connectivity index (χ1v) is 4.63. The fourth-order valence-electron chi connectivity index (χ4n) is 1.33. The van der Waals surface area contributed by atoms with Gasteiger partial charge >= 0.3 is 0 Å². The number of hydrogen-bond acceptors (Lipinski definition) is 3. The highest BCUT2D eigenvalue weighted by molar-refractivity contribution is 5.40. The Morgan fingerprint density at radius 2 is 2.14 bits per heavy atom. The van der Waals surface area contributed by atoms with Crippen LogP contribution in [0.25, 0.3) is 0 Å². The monoisotopic (exact) mass is 193 g/mol. The lowest BCUT2D eigenvalue weighted by Gasteiger charge is -2.27. The Morgan fingerprint density at radius 1 is 1.43 bits per heavy atom. The number of hydrogen-bond donors (Lipinski definition) is 0. The first-order valence-electron chi connectivity index (χ1n) is 4.63. The van der Waals surface area contributed by atoms with E-state index in [9.17, 15) is 0 Å². The van der Waals surface area contributed by atoms with E-state index in [0.29, 0.717) is 6.61 Å². The summed E-state index contributed by atoms with van der Waals surface area (Å²) in [5, 5.41) is 0. The molecule has 1 radical (unpaired) electrons. The van der Waals surface area contributed by atoms with Gasteiger partial charge in [0.15, 0.2) is 18.1 Å². The summed E-state index contributed by atoms with van der Waals surface area (Å²) in [7, 11) is 0. The molecule has 2 rings (SSSR count). The summed E-state index contributed by atoms with van der Waals surface area (Å²) in [6, 6.07) is 7.55. The first kappa shape index (κ1) is 9.34. The molecular weight excluding hydrogens is 180 g/mol. The SMILES string of the molecule is [CH2]C(C)OC1COc2ccccc2O1. The number of para-hydroxylation sites is 2. The molecule has 75 valence electrons. The molecule has 1 aliphatic rings. The van der Waals surface area contributed by atoms with Crippen LogP contribution in [-0.2, 0) is 4.74 Å². The third kappa shape index (κ3) is 1.99. The van der Waals surface area contributed by atoms with Crippen molar-refractivity contribution in [1.82, 2.24) is 0 Å². The van der Waals surface area contributed by atoms with Gasteiger partial charge in [-0.15, -0.1) is 0 Å². The quantitative estimate of drug-likeness (QED) is 0.719. The molecular formula is C11H13O3. The molecule has 0 aromatic heterocycles. The maximum atomic E-state index is 5.56.